The molecule has 3 atom stereocenters. The molecule has 0 radical (unpaired) electrons. The zero-order chi connectivity index (χ0) is 27.7. The highest BCUT2D eigenvalue weighted by Crippen LogP contribution is 2.25. The Hall–Kier alpha value is -3.95. The van der Waals surface area contributed by atoms with Gasteiger partial charge in [0.25, 0.3) is 5.91 Å². The summed E-state index contributed by atoms with van der Waals surface area (Å²) in [7, 11) is 0. The predicted octanol–water partition coefficient (Wildman–Crippen LogP) is 4.74. The fraction of sp³-hybridized carbons (Fsp3) is 0.333. The number of fused-ring (bicyclic) bond motifs is 1. The van der Waals surface area contributed by atoms with E-state index in [0.29, 0.717) is 22.3 Å². The van der Waals surface area contributed by atoms with Crippen molar-refractivity contribution in [2.75, 3.05) is 18.0 Å². The molecule has 9 heteroatoms. The summed E-state index contributed by atoms with van der Waals surface area (Å²) in [6, 6.07) is 14.2. The number of aryl methyl sites for hydroxylation is 1. The molecular formula is C30H32FN5O3. The molecule has 202 valence electrons. The molecule has 3 aromatic heterocycles. The molecule has 39 heavy (non-hydrogen) atoms. The third-order valence-electron chi connectivity index (χ3n) is 6.85. The number of aliphatic hydroxyl groups is 1. The van der Waals surface area contributed by atoms with Crippen molar-refractivity contribution in [1.29, 1.82) is 0 Å². The Labute approximate surface area is 226 Å². The molecule has 8 nitrogen and oxygen atoms in total. The first-order valence-electron chi connectivity index (χ1n) is 13.1. The van der Waals surface area contributed by atoms with Crippen molar-refractivity contribution in [3.8, 4) is 11.4 Å². The van der Waals surface area contributed by atoms with Crippen LogP contribution in [0.3, 0.4) is 0 Å². The topological polar surface area (TPSA) is 100 Å². The summed E-state index contributed by atoms with van der Waals surface area (Å²) >= 11 is 0. The van der Waals surface area contributed by atoms with Crippen LogP contribution < -0.4 is 10.2 Å². The third kappa shape index (κ3) is 5.89. The number of halogens is 1. The van der Waals surface area contributed by atoms with Gasteiger partial charge in [-0.05, 0) is 81.3 Å². The molecule has 1 amide bonds. The van der Waals surface area contributed by atoms with Crippen molar-refractivity contribution < 1.29 is 19.0 Å². The number of ether oxygens (including phenoxy) is 1. The lowest BCUT2D eigenvalue weighted by molar-refractivity contribution is -0.00545. The molecule has 0 bridgehead atoms. The Bertz CT molecular complexity index is 1520. The van der Waals surface area contributed by atoms with Gasteiger partial charge in [0.05, 0.1) is 53.0 Å². The smallest absolute Gasteiger partial charge is 0.254 e. The molecule has 1 aromatic carbocycles. The number of aliphatic hydroxyl groups excluding tert-OH is 1. The van der Waals surface area contributed by atoms with E-state index in [1.807, 2.05) is 30.3 Å². The molecule has 0 saturated carbocycles. The van der Waals surface area contributed by atoms with E-state index < -0.39 is 17.8 Å². The van der Waals surface area contributed by atoms with Crippen LogP contribution in [0.1, 0.15) is 54.1 Å². The minimum atomic E-state index is -0.809. The highest BCUT2D eigenvalue weighted by Gasteiger charge is 2.23. The van der Waals surface area contributed by atoms with Gasteiger partial charge in [-0.3, -0.25) is 9.78 Å². The number of pyridine rings is 3. The molecule has 4 aromatic rings. The molecule has 0 spiro atoms. The van der Waals surface area contributed by atoms with E-state index in [0.717, 1.165) is 35.7 Å². The van der Waals surface area contributed by atoms with E-state index in [9.17, 15) is 14.3 Å². The minimum Gasteiger partial charge on any atom is -0.389 e. The van der Waals surface area contributed by atoms with Gasteiger partial charge in [0.1, 0.15) is 11.6 Å². The van der Waals surface area contributed by atoms with Gasteiger partial charge in [0, 0.05) is 24.7 Å². The summed E-state index contributed by atoms with van der Waals surface area (Å²) in [4.78, 5) is 29.1. The largest absolute Gasteiger partial charge is 0.389 e. The molecule has 4 heterocycles. The number of morpholine rings is 1. The summed E-state index contributed by atoms with van der Waals surface area (Å²) in [6.07, 6.45) is 1.15. The van der Waals surface area contributed by atoms with Gasteiger partial charge in [-0.2, -0.15) is 0 Å². The van der Waals surface area contributed by atoms with Crippen molar-refractivity contribution in [2.24, 2.45) is 0 Å². The number of benzene rings is 1. The van der Waals surface area contributed by atoms with Gasteiger partial charge in [-0.25, -0.2) is 14.4 Å². The minimum absolute atomic E-state index is 0.0964. The SMILES string of the molecule is Cc1cc(F)c(C(=O)NCc2cc3nc(-c4cccc(N5C[C@@H](C)O[C@@H](C)C5)n4)ccc3cn2)cc1C(C)O. The lowest BCUT2D eigenvalue weighted by Crippen LogP contribution is -2.45. The number of carbonyl (C=O) groups is 1. The molecule has 1 aliphatic heterocycles. The molecule has 1 aliphatic rings. The van der Waals surface area contributed by atoms with E-state index in [4.69, 9.17) is 14.7 Å². The van der Waals surface area contributed by atoms with E-state index in [-0.39, 0.29) is 24.3 Å². The van der Waals surface area contributed by atoms with Gasteiger partial charge in [-0.1, -0.05) is 6.07 Å². The number of hydrogen-bond acceptors (Lipinski definition) is 7. The molecule has 1 unspecified atom stereocenters. The highest BCUT2D eigenvalue weighted by molar-refractivity contribution is 5.94. The zero-order valence-electron chi connectivity index (χ0n) is 22.5. The lowest BCUT2D eigenvalue weighted by atomic mass is 10.00. The number of amides is 1. The fourth-order valence-electron chi connectivity index (χ4n) is 4.98. The number of nitrogens with zero attached hydrogens (tertiary/aromatic N) is 4. The van der Waals surface area contributed by atoms with Gasteiger partial charge >= 0.3 is 0 Å². The Morgan fingerprint density at radius 1 is 1.13 bits per heavy atom. The van der Waals surface area contributed by atoms with Crippen LogP contribution in [0.4, 0.5) is 10.2 Å². The molecule has 1 fully saturated rings. The quantitative estimate of drug-likeness (QED) is 0.372. The second kappa shape index (κ2) is 11.0. The molecule has 1 saturated heterocycles. The summed E-state index contributed by atoms with van der Waals surface area (Å²) in [5.74, 6) is -0.328. The first-order valence-corrected chi connectivity index (χ1v) is 13.1. The van der Waals surface area contributed by atoms with Crippen molar-refractivity contribution >= 4 is 22.6 Å². The Morgan fingerprint density at radius 3 is 2.62 bits per heavy atom. The summed E-state index contributed by atoms with van der Waals surface area (Å²) in [5.41, 5.74) is 3.77. The first-order chi connectivity index (χ1) is 18.7. The van der Waals surface area contributed by atoms with E-state index >= 15 is 0 Å². The van der Waals surface area contributed by atoms with Crippen LogP contribution in [0.2, 0.25) is 0 Å². The van der Waals surface area contributed by atoms with Crippen LogP contribution in [0, 0.1) is 12.7 Å². The highest BCUT2D eigenvalue weighted by atomic mass is 19.1. The van der Waals surface area contributed by atoms with Crippen LogP contribution in [0.25, 0.3) is 22.3 Å². The van der Waals surface area contributed by atoms with Crippen LogP contribution in [-0.4, -0.2) is 51.3 Å². The second-order valence-corrected chi connectivity index (χ2v) is 10.2. The Balaban J connectivity index is 1.35. The van der Waals surface area contributed by atoms with Crippen molar-refractivity contribution in [3.05, 3.63) is 82.9 Å². The standard InChI is InChI=1S/C30H32FN5O3/c1-17-10-25(31)24(12-23(17)20(4)37)30(38)33-14-22-11-28-21(13-32-22)8-9-27(34-28)26-6-5-7-29(35-26)36-15-18(2)39-19(3)16-36/h5-13,18-20,37H,14-16H2,1-4H3,(H,33,38)/t18-,19+,20?. The summed E-state index contributed by atoms with van der Waals surface area (Å²) < 4.78 is 20.3. The number of hydrogen-bond donors (Lipinski definition) is 2. The fourth-order valence-corrected chi connectivity index (χ4v) is 4.98. The van der Waals surface area contributed by atoms with Crippen molar-refractivity contribution in [3.63, 3.8) is 0 Å². The second-order valence-electron chi connectivity index (χ2n) is 10.2. The van der Waals surface area contributed by atoms with Crippen LogP contribution in [-0.2, 0) is 11.3 Å². The molecule has 2 N–H and O–H groups in total. The monoisotopic (exact) mass is 529 g/mol. The normalized spacial score (nSPS) is 18.3. The maximum Gasteiger partial charge on any atom is 0.254 e. The maximum absolute atomic E-state index is 14.5. The number of nitrogens with one attached hydrogen (secondary N) is 1. The maximum atomic E-state index is 14.5. The molecule has 0 aliphatic carbocycles. The van der Waals surface area contributed by atoms with E-state index in [1.165, 1.54) is 12.1 Å². The van der Waals surface area contributed by atoms with Crippen LogP contribution in [0.15, 0.2) is 54.7 Å². The first kappa shape index (κ1) is 26.6. The van der Waals surface area contributed by atoms with Gasteiger partial charge in [-0.15, -0.1) is 0 Å². The van der Waals surface area contributed by atoms with Crippen LogP contribution >= 0.6 is 0 Å². The number of anilines is 1. The van der Waals surface area contributed by atoms with Crippen LogP contribution in [0.5, 0.6) is 0 Å². The van der Waals surface area contributed by atoms with Gasteiger partial charge in [0.15, 0.2) is 0 Å². The summed E-state index contributed by atoms with van der Waals surface area (Å²) in [6.45, 7) is 9.06. The predicted molar refractivity (Wildman–Crippen MR) is 148 cm³/mol. The number of rotatable bonds is 6. The van der Waals surface area contributed by atoms with Crippen molar-refractivity contribution in [1.82, 2.24) is 20.3 Å². The Kier molecular flexibility index (Phi) is 7.54. The molecule has 5 rings (SSSR count). The third-order valence-corrected chi connectivity index (χ3v) is 6.85. The van der Waals surface area contributed by atoms with E-state index in [2.05, 4.69) is 29.0 Å². The number of carbonyl (C=O) groups excluding carboxylic acids is 1. The zero-order valence-corrected chi connectivity index (χ0v) is 22.5. The average molecular weight is 530 g/mol. The Morgan fingerprint density at radius 2 is 1.87 bits per heavy atom. The average Bonchev–Trinajstić information content (AvgIpc) is 2.90. The summed E-state index contributed by atoms with van der Waals surface area (Å²) in [5, 5.41) is 13.5. The van der Waals surface area contributed by atoms with E-state index in [1.54, 1.807) is 26.1 Å². The molecular weight excluding hydrogens is 497 g/mol. The van der Waals surface area contributed by atoms with Gasteiger partial charge < -0.3 is 20.1 Å². The lowest BCUT2D eigenvalue weighted by Gasteiger charge is -2.36. The van der Waals surface area contributed by atoms with Crippen molar-refractivity contribution in [2.45, 2.75) is 52.6 Å². The number of aromatic nitrogens is 3. The van der Waals surface area contributed by atoms with Gasteiger partial charge in [0.2, 0.25) is 0 Å².